The van der Waals surface area contributed by atoms with E-state index in [1.807, 2.05) is 47.9 Å². The standard InChI is InChI=1S/C22H21N3O5S/c1-14(18-9-10-19(30-18)21(26)28-3)31-22-24-23-20(15-6-4-7-16(12-15)27-2)25(22)13-17-8-5-11-29-17/h4-12,14H,13H2,1-3H3. The highest BCUT2D eigenvalue weighted by Crippen LogP contribution is 2.37. The number of hydrogen-bond donors (Lipinski definition) is 0. The third-order valence-corrected chi connectivity index (χ3v) is 5.73. The van der Waals surface area contributed by atoms with Crippen LogP contribution >= 0.6 is 11.8 Å². The Morgan fingerprint density at radius 3 is 2.77 bits per heavy atom. The molecule has 4 rings (SSSR count). The maximum atomic E-state index is 11.7. The molecule has 8 nitrogen and oxygen atoms in total. The largest absolute Gasteiger partial charge is 0.497 e. The molecular weight excluding hydrogens is 418 g/mol. The van der Waals surface area contributed by atoms with Crippen LogP contribution in [-0.4, -0.2) is 35.0 Å². The summed E-state index contributed by atoms with van der Waals surface area (Å²) in [6, 6.07) is 14.8. The molecule has 0 aliphatic carbocycles. The van der Waals surface area contributed by atoms with Gasteiger partial charge in [-0.3, -0.25) is 4.57 Å². The van der Waals surface area contributed by atoms with Gasteiger partial charge in [0.25, 0.3) is 0 Å². The minimum Gasteiger partial charge on any atom is -0.497 e. The Morgan fingerprint density at radius 2 is 2.03 bits per heavy atom. The number of benzene rings is 1. The summed E-state index contributed by atoms with van der Waals surface area (Å²) < 4.78 is 23.2. The van der Waals surface area contributed by atoms with E-state index in [2.05, 4.69) is 10.2 Å². The predicted octanol–water partition coefficient (Wildman–Crippen LogP) is 4.83. The van der Waals surface area contributed by atoms with Gasteiger partial charge in [-0.2, -0.15) is 0 Å². The van der Waals surface area contributed by atoms with Gasteiger partial charge in [-0.05, 0) is 43.3 Å². The van der Waals surface area contributed by atoms with E-state index >= 15 is 0 Å². The molecule has 3 heterocycles. The summed E-state index contributed by atoms with van der Waals surface area (Å²) in [5.74, 6) is 2.51. The molecule has 0 saturated carbocycles. The van der Waals surface area contributed by atoms with Crippen molar-refractivity contribution in [3.63, 3.8) is 0 Å². The van der Waals surface area contributed by atoms with E-state index < -0.39 is 5.97 Å². The number of hydrogen-bond acceptors (Lipinski definition) is 8. The van der Waals surface area contributed by atoms with Crippen LogP contribution in [0.5, 0.6) is 5.75 Å². The normalized spacial score (nSPS) is 12.0. The summed E-state index contributed by atoms with van der Waals surface area (Å²) in [5, 5.41) is 9.42. The lowest BCUT2D eigenvalue weighted by molar-refractivity contribution is 0.0563. The van der Waals surface area contributed by atoms with Gasteiger partial charge >= 0.3 is 5.97 Å². The number of esters is 1. The van der Waals surface area contributed by atoms with Gasteiger partial charge in [-0.25, -0.2) is 4.79 Å². The van der Waals surface area contributed by atoms with Gasteiger partial charge in [0.05, 0.1) is 32.3 Å². The van der Waals surface area contributed by atoms with E-state index in [4.69, 9.17) is 18.3 Å². The van der Waals surface area contributed by atoms with Crippen molar-refractivity contribution in [3.8, 4) is 17.1 Å². The van der Waals surface area contributed by atoms with E-state index in [0.717, 1.165) is 17.1 Å². The Bertz CT molecular complexity index is 1170. The highest BCUT2D eigenvalue weighted by atomic mass is 32.2. The molecule has 0 amide bonds. The Morgan fingerprint density at radius 1 is 1.16 bits per heavy atom. The molecule has 0 aliphatic heterocycles. The third kappa shape index (κ3) is 4.51. The van der Waals surface area contributed by atoms with Crippen LogP contribution in [0.1, 0.15) is 34.2 Å². The second kappa shape index (κ2) is 9.13. The molecule has 9 heteroatoms. The highest BCUT2D eigenvalue weighted by Gasteiger charge is 2.22. The van der Waals surface area contributed by atoms with Gasteiger partial charge in [0.1, 0.15) is 17.3 Å². The average molecular weight is 439 g/mol. The van der Waals surface area contributed by atoms with E-state index in [1.165, 1.54) is 18.9 Å². The molecule has 0 N–H and O–H groups in total. The molecule has 1 unspecified atom stereocenters. The molecular formula is C22H21N3O5S. The van der Waals surface area contributed by atoms with Crippen LogP contribution in [0.25, 0.3) is 11.4 Å². The van der Waals surface area contributed by atoms with Crippen LogP contribution in [-0.2, 0) is 11.3 Å². The fourth-order valence-corrected chi connectivity index (χ4v) is 3.98. The first kappa shape index (κ1) is 20.8. The van der Waals surface area contributed by atoms with Crippen molar-refractivity contribution in [2.75, 3.05) is 14.2 Å². The molecule has 0 saturated heterocycles. The SMILES string of the molecule is COC(=O)c1ccc(C(C)Sc2nnc(-c3cccc(OC)c3)n2Cc2ccco2)o1. The van der Waals surface area contributed by atoms with Crippen LogP contribution in [0, 0.1) is 0 Å². The molecule has 0 radical (unpaired) electrons. The summed E-state index contributed by atoms with van der Waals surface area (Å²) in [6.07, 6.45) is 1.64. The van der Waals surface area contributed by atoms with Crippen molar-refractivity contribution < 1.29 is 23.1 Å². The predicted molar refractivity (Wildman–Crippen MR) is 114 cm³/mol. The quantitative estimate of drug-likeness (QED) is 0.285. The van der Waals surface area contributed by atoms with Gasteiger partial charge in [-0.1, -0.05) is 23.9 Å². The van der Waals surface area contributed by atoms with Crippen molar-refractivity contribution in [3.05, 3.63) is 72.1 Å². The minimum absolute atomic E-state index is 0.115. The molecule has 0 spiro atoms. The molecule has 1 atom stereocenters. The second-order valence-corrected chi connectivity index (χ2v) is 7.97. The zero-order chi connectivity index (χ0) is 21.8. The van der Waals surface area contributed by atoms with Gasteiger partial charge < -0.3 is 18.3 Å². The van der Waals surface area contributed by atoms with Crippen molar-refractivity contribution in [1.29, 1.82) is 0 Å². The van der Waals surface area contributed by atoms with Crippen molar-refractivity contribution in [2.24, 2.45) is 0 Å². The fourth-order valence-electron chi connectivity index (χ4n) is 3.05. The number of carbonyl (C=O) groups excluding carboxylic acids is 1. The number of ether oxygens (including phenoxy) is 2. The summed E-state index contributed by atoms with van der Waals surface area (Å²) in [4.78, 5) is 11.7. The number of nitrogens with zero attached hydrogens (tertiary/aromatic N) is 3. The zero-order valence-electron chi connectivity index (χ0n) is 17.3. The maximum absolute atomic E-state index is 11.7. The topological polar surface area (TPSA) is 92.5 Å². The number of thioether (sulfide) groups is 1. The molecule has 0 aliphatic rings. The summed E-state index contributed by atoms with van der Waals surface area (Å²) in [6.45, 7) is 2.44. The molecule has 0 bridgehead atoms. The van der Waals surface area contributed by atoms with Gasteiger partial charge in [0.15, 0.2) is 11.0 Å². The maximum Gasteiger partial charge on any atom is 0.373 e. The van der Waals surface area contributed by atoms with E-state index in [1.54, 1.807) is 25.5 Å². The first-order valence-electron chi connectivity index (χ1n) is 9.53. The Labute approximate surface area is 183 Å². The van der Waals surface area contributed by atoms with Gasteiger partial charge in [0, 0.05) is 5.56 Å². The monoisotopic (exact) mass is 439 g/mol. The summed E-state index contributed by atoms with van der Waals surface area (Å²) in [5.41, 5.74) is 0.879. The molecule has 3 aromatic heterocycles. The lowest BCUT2D eigenvalue weighted by Gasteiger charge is -2.12. The number of aromatic nitrogens is 3. The first-order valence-corrected chi connectivity index (χ1v) is 10.4. The second-order valence-electron chi connectivity index (χ2n) is 6.66. The zero-order valence-corrected chi connectivity index (χ0v) is 18.1. The number of furan rings is 2. The molecule has 31 heavy (non-hydrogen) atoms. The Balaban J connectivity index is 1.66. The number of methoxy groups -OCH3 is 2. The summed E-state index contributed by atoms with van der Waals surface area (Å²) in [7, 11) is 2.95. The number of rotatable bonds is 8. The number of carbonyl (C=O) groups is 1. The van der Waals surface area contributed by atoms with E-state index in [0.29, 0.717) is 23.3 Å². The van der Waals surface area contributed by atoms with Gasteiger partial charge in [-0.15, -0.1) is 10.2 Å². The van der Waals surface area contributed by atoms with Crippen LogP contribution in [0.3, 0.4) is 0 Å². The molecule has 4 aromatic rings. The minimum atomic E-state index is -0.509. The van der Waals surface area contributed by atoms with Crippen LogP contribution in [0.2, 0.25) is 0 Å². The Kier molecular flexibility index (Phi) is 6.13. The third-order valence-electron chi connectivity index (χ3n) is 4.64. The lowest BCUT2D eigenvalue weighted by Crippen LogP contribution is -2.04. The van der Waals surface area contributed by atoms with E-state index in [9.17, 15) is 4.79 Å². The molecule has 160 valence electrons. The van der Waals surface area contributed by atoms with Crippen LogP contribution in [0.4, 0.5) is 0 Å². The average Bonchev–Trinajstić information content (AvgIpc) is 3.55. The lowest BCUT2D eigenvalue weighted by atomic mass is 10.2. The van der Waals surface area contributed by atoms with E-state index in [-0.39, 0.29) is 11.0 Å². The fraction of sp³-hybridized carbons (Fsp3) is 0.227. The Hall–Kier alpha value is -3.46. The van der Waals surface area contributed by atoms with Crippen molar-refractivity contribution >= 4 is 17.7 Å². The van der Waals surface area contributed by atoms with Crippen molar-refractivity contribution in [1.82, 2.24) is 14.8 Å². The van der Waals surface area contributed by atoms with Gasteiger partial charge in [0.2, 0.25) is 5.76 Å². The van der Waals surface area contributed by atoms with Crippen LogP contribution in [0.15, 0.2) is 68.8 Å². The first-order chi connectivity index (χ1) is 15.1. The highest BCUT2D eigenvalue weighted by molar-refractivity contribution is 7.99. The molecule has 1 aromatic carbocycles. The van der Waals surface area contributed by atoms with Crippen LogP contribution < -0.4 is 4.74 Å². The smallest absolute Gasteiger partial charge is 0.373 e. The van der Waals surface area contributed by atoms with Crippen molar-refractivity contribution in [2.45, 2.75) is 23.9 Å². The summed E-state index contributed by atoms with van der Waals surface area (Å²) >= 11 is 1.47. The molecule has 0 fully saturated rings.